The van der Waals surface area contributed by atoms with Gasteiger partial charge in [0, 0.05) is 24.5 Å². The van der Waals surface area contributed by atoms with Gasteiger partial charge < -0.3 is 11.5 Å². The van der Waals surface area contributed by atoms with E-state index in [0.29, 0.717) is 12.2 Å². The zero-order valence-electron chi connectivity index (χ0n) is 9.50. The monoisotopic (exact) mass is 234 g/mol. The van der Waals surface area contributed by atoms with Crippen molar-refractivity contribution in [1.29, 1.82) is 0 Å². The molecule has 0 atom stereocenters. The van der Waals surface area contributed by atoms with Gasteiger partial charge in [-0.2, -0.15) is 10.2 Å². The molecule has 4 N–H and O–H groups in total. The third kappa shape index (κ3) is 2.27. The molecule has 0 aliphatic heterocycles. The highest BCUT2D eigenvalue weighted by Gasteiger charge is 2.11. The van der Waals surface area contributed by atoms with E-state index in [1.54, 1.807) is 17.1 Å². The molecule has 0 fully saturated rings. The Labute approximate surface area is 98.0 Å². The van der Waals surface area contributed by atoms with Crippen LogP contribution < -0.4 is 11.5 Å². The SMILES string of the molecule is CCn1cc(Cn2cc(N)c(C(N)=O)n2)cn1. The Morgan fingerprint density at radius 2 is 2.18 bits per heavy atom. The van der Waals surface area contributed by atoms with E-state index >= 15 is 0 Å². The van der Waals surface area contributed by atoms with Gasteiger partial charge in [0.2, 0.25) is 0 Å². The molecule has 0 saturated heterocycles. The first-order valence-electron chi connectivity index (χ1n) is 5.24. The van der Waals surface area contributed by atoms with Crippen molar-refractivity contribution in [2.24, 2.45) is 5.73 Å². The second-order valence-electron chi connectivity index (χ2n) is 3.70. The van der Waals surface area contributed by atoms with Gasteiger partial charge in [0.1, 0.15) is 0 Å². The zero-order chi connectivity index (χ0) is 12.4. The van der Waals surface area contributed by atoms with Crippen LogP contribution in [0.1, 0.15) is 23.0 Å². The fourth-order valence-corrected chi connectivity index (χ4v) is 1.56. The van der Waals surface area contributed by atoms with Crippen molar-refractivity contribution < 1.29 is 4.79 Å². The molecule has 2 aromatic rings. The van der Waals surface area contributed by atoms with Gasteiger partial charge in [0.25, 0.3) is 5.91 Å². The lowest BCUT2D eigenvalue weighted by molar-refractivity contribution is 0.0995. The van der Waals surface area contributed by atoms with Crippen molar-refractivity contribution >= 4 is 11.6 Å². The van der Waals surface area contributed by atoms with E-state index in [0.717, 1.165) is 12.1 Å². The maximum absolute atomic E-state index is 11.0. The number of anilines is 1. The van der Waals surface area contributed by atoms with Gasteiger partial charge in [0.15, 0.2) is 5.69 Å². The quantitative estimate of drug-likeness (QED) is 0.766. The Hall–Kier alpha value is -2.31. The van der Waals surface area contributed by atoms with Crippen LogP contribution in [-0.2, 0) is 13.1 Å². The minimum absolute atomic E-state index is 0.105. The number of hydrogen-bond donors (Lipinski definition) is 2. The normalized spacial score (nSPS) is 10.6. The summed E-state index contributed by atoms with van der Waals surface area (Å²) in [5.74, 6) is -0.620. The van der Waals surface area contributed by atoms with Crippen molar-refractivity contribution in [3.63, 3.8) is 0 Å². The Morgan fingerprint density at radius 1 is 1.41 bits per heavy atom. The third-order valence-corrected chi connectivity index (χ3v) is 2.38. The van der Waals surface area contributed by atoms with Crippen molar-refractivity contribution in [3.05, 3.63) is 29.8 Å². The molecular weight excluding hydrogens is 220 g/mol. The van der Waals surface area contributed by atoms with Gasteiger partial charge in [-0.25, -0.2) is 0 Å². The highest BCUT2D eigenvalue weighted by molar-refractivity contribution is 5.95. The molecule has 2 heterocycles. The standard InChI is InChI=1S/C10H14N6O/c1-2-15-4-7(3-13-15)5-16-6-8(11)9(14-16)10(12)17/h3-4,6H,2,5,11H2,1H3,(H2,12,17). The number of carbonyl (C=O) groups is 1. The maximum atomic E-state index is 11.0. The fraction of sp³-hybridized carbons (Fsp3) is 0.300. The summed E-state index contributed by atoms with van der Waals surface area (Å²) in [4.78, 5) is 11.0. The lowest BCUT2D eigenvalue weighted by atomic mass is 10.3. The van der Waals surface area contributed by atoms with Gasteiger partial charge in [0.05, 0.1) is 18.4 Å². The van der Waals surface area contributed by atoms with E-state index in [1.165, 1.54) is 0 Å². The molecule has 0 aliphatic carbocycles. The molecule has 2 rings (SSSR count). The summed E-state index contributed by atoms with van der Waals surface area (Å²) >= 11 is 0. The van der Waals surface area contributed by atoms with Crippen LogP contribution in [-0.4, -0.2) is 25.5 Å². The van der Waals surface area contributed by atoms with Gasteiger partial charge in [-0.3, -0.25) is 14.2 Å². The fourth-order valence-electron chi connectivity index (χ4n) is 1.56. The molecule has 17 heavy (non-hydrogen) atoms. The van der Waals surface area contributed by atoms with Crippen molar-refractivity contribution in [1.82, 2.24) is 19.6 Å². The molecular formula is C10H14N6O. The first-order valence-corrected chi connectivity index (χ1v) is 5.24. The summed E-state index contributed by atoms with van der Waals surface area (Å²) in [6, 6.07) is 0. The first-order chi connectivity index (χ1) is 8.10. The Morgan fingerprint density at radius 3 is 2.71 bits per heavy atom. The predicted molar refractivity (Wildman–Crippen MR) is 62.2 cm³/mol. The molecule has 7 heteroatoms. The molecule has 0 bridgehead atoms. The summed E-state index contributed by atoms with van der Waals surface area (Å²) in [7, 11) is 0. The Balaban J connectivity index is 2.18. The number of amides is 1. The van der Waals surface area contributed by atoms with E-state index in [-0.39, 0.29) is 5.69 Å². The number of nitrogen functional groups attached to an aromatic ring is 1. The molecule has 90 valence electrons. The van der Waals surface area contributed by atoms with E-state index in [2.05, 4.69) is 10.2 Å². The van der Waals surface area contributed by atoms with E-state index in [9.17, 15) is 4.79 Å². The molecule has 0 unspecified atom stereocenters. The van der Waals surface area contributed by atoms with Gasteiger partial charge in [-0.05, 0) is 6.92 Å². The van der Waals surface area contributed by atoms with Gasteiger partial charge >= 0.3 is 0 Å². The molecule has 0 saturated carbocycles. The van der Waals surface area contributed by atoms with Crippen LogP contribution in [0, 0.1) is 0 Å². The lowest BCUT2D eigenvalue weighted by Gasteiger charge is -1.97. The van der Waals surface area contributed by atoms with E-state index in [4.69, 9.17) is 11.5 Å². The smallest absolute Gasteiger partial charge is 0.271 e. The summed E-state index contributed by atoms with van der Waals surface area (Å²) in [6.07, 6.45) is 5.26. The van der Waals surface area contributed by atoms with Crippen LogP contribution in [0.2, 0.25) is 0 Å². The maximum Gasteiger partial charge on any atom is 0.271 e. The predicted octanol–water partition coefficient (Wildman–Crippen LogP) is -0.171. The highest BCUT2D eigenvalue weighted by atomic mass is 16.1. The van der Waals surface area contributed by atoms with Crippen LogP contribution in [0.3, 0.4) is 0 Å². The topological polar surface area (TPSA) is 105 Å². The lowest BCUT2D eigenvalue weighted by Crippen LogP contribution is -2.14. The van der Waals surface area contributed by atoms with E-state index < -0.39 is 5.91 Å². The summed E-state index contributed by atoms with van der Waals surface area (Å²) in [5, 5.41) is 8.17. The van der Waals surface area contributed by atoms with E-state index in [1.807, 2.05) is 17.8 Å². The molecule has 0 spiro atoms. The van der Waals surface area contributed by atoms with Gasteiger partial charge in [-0.15, -0.1) is 0 Å². The first kappa shape index (κ1) is 11.2. The van der Waals surface area contributed by atoms with Crippen LogP contribution in [0.15, 0.2) is 18.6 Å². The van der Waals surface area contributed by atoms with Crippen LogP contribution in [0.5, 0.6) is 0 Å². The molecule has 0 radical (unpaired) electrons. The molecule has 2 aromatic heterocycles. The van der Waals surface area contributed by atoms with Crippen LogP contribution >= 0.6 is 0 Å². The second kappa shape index (κ2) is 4.28. The minimum Gasteiger partial charge on any atom is -0.396 e. The Kier molecular flexibility index (Phi) is 2.82. The van der Waals surface area contributed by atoms with Crippen LogP contribution in [0.4, 0.5) is 5.69 Å². The number of rotatable bonds is 4. The van der Waals surface area contributed by atoms with Crippen LogP contribution in [0.25, 0.3) is 0 Å². The summed E-state index contributed by atoms with van der Waals surface area (Å²) < 4.78 is 3.39. The summed E-state index contributed by atoms with van der Waals surface area (Å²) in [5.41, 5.74) is 12.1. The number of nitrogens with two attached hydrogens (primary N) is 2. The number of aromatic nitrogens is 4. The number of carbonyl (C=O) groups excluding carboxylic acids is 1. The van der Waals surface area contributed by atoms with Crippen molar-refractivity contribution in [2.75, 3.05) is 5.73 Å². The average molecular weight is 234 g/mol. The second-order valence-corrected chi connectivity index (χ2v) is 3.70. The zero-order valence-corrected chi connectivity index (χ0v) is 9.50. The third-order valence-electron chi connectivity index (χ3n) is 2.38. The van der Waals surface area contributed by atoms with Gasteiger partial charge in [-0.1, -0.05) is 0 Å². The number of aryl methyl sites for hydroxylation is 1. The average Bonchev–Trinajstić information content (AvgIpc) is 2.85. The Bertz CT molecular complexity index is 541. The number of nitrogens with zero attached hydrogens (tertiary/aromatic N) is 4. The number of hydrogen-bond acceptors (Lipinski definition) is 4. The molecule has 1 amide bonds. The summed E-state index contributed by atoms with van der Waals surface area (Å²) in [6.45, 7) is 3.33. The molecule has 0 aromatic carbocycles. The van der Waals surface area contributed by atoms with Crippen molar-refractivity contribution in [2.45, 2.75) is 20.0 Å². The number of primary amides is 1. The molecule has 7 nitrogen and oxygen atoms in total. The van der Waals surface area contributed by atoms with Crippen molar-refractivity contribution in [3.8, 4) is 0 Å². The largest absolute Gasteiger partial charge is 0.396 e. The highest BCUT2D eigenvalue weighted by Crippen LogP contribution is 2.10. The molecule has 0 aliphatic rings. The minimum atomic E-state index is -0.620.